The van der Waals surface area contributed by atoms with Crippen LogP contribution in [0.5, 0.6) is 0 Å². The molecule has 34 heavy (non-hydrogen) atoms. The number of allylic oxidation sites excluding steroid dienone is 2. The van der Waals surface area contributed by atoms with E-state index in [4.69, 9.17) is 0 Å². The van der Waals surface area contributed by atoms with Crippen LogP contribution in [0.3, 0.4) is 0 Å². The summed E-state index contributed by atoms with van der Waals surface area (Å²) in [5.41, 5.74) is 0.844. The summed E-state index contributed by atoms with van der Waals surface area (Å²) in [4.78, 5) is 12.8. The molecule has 5 aliphatic carbocycles. The van der Waals surface area contributed by atoms with Crippen molar-refractivity contribution in [2.45, 2.75) is 112 Å². The molecule has 0 aliphatic heterocycles. The Labute approximate surface area is 206 Å². The third kappa shape index (κ3) is 2.88. The second-order valence-electron chi connectivity index (χ2n) is 14.9. The number of hydrogen-bond acceptors (Lipinski definition) is 3. The zero-order valence-corrected chi connectivity index (χ0v) is 22.4. The number of aliphatic hydroxyl groups excluding tert-OH is 2. The molecule has 4 saturated carbocycles. The highest BCUT2D eigenvalue weighted by atomic mass is 16.4. The lowest BCUT2D eigenvalue weighted by Crippen LogP contribution is -2.65. The van der Waals surface area contributed by atoms with E-state index in [-0.39, 0.29) is 45.7 Å². The van der Waals surface area contributed by atoms with Gasteiger partial charge in [-0.1, -0.05) is 53.2 Å². The fourth-order valence-electron chi connectivity index (χ4n) is 10.7. The van der Waals surface area contributed by atoms with Crippen LogP contribution in [0, 0.1) is 50.2 Å². The summed E-state index contributed by atoms with van der Waals surface area (Å²) in [6.07, 6.45) is 11.6. The molecule has 0 aromatic carbocycles. The summed E-state index contributed by atoms with van der Waals surface area (Å²) in [5, 5.41) is 31.6. The van der Waals surface area contributed by atoms with Crippen molar-refractivity contribution in [2.24, 2.45) is 50.2 Å². The molecule has 0 saturated heterocycles. The molecule has 0 unspecified atom stereocenters. The first-order valence-corrected chi connectivity index (χ1v) is 13.9. The molecule has 0 amide bonds. The van der Waals surface area contributed by atoms with Gasteiger partial charge in [-0.15, -0.1) is 0 Å². The Hall–Kier alpha value is -0.870. The number of carboxylic acid groups (broad SMARTS) is 1. The first kappa shape index (κ1) is 24.8. The Morgan fingerprint density at radius 3 is 2.26 bits per heavy atom. The third-order valence-corrected chi connectivity index (χ3v) is 13.3. The van der Waals surface area contributed by atoms with Crippen LogP contribution in [-0.2, 0) is 4.79 Å². The Bertz CT molecular complexity index is 907. The molecule has 0 bridgehead atoms. The van der Waals surface area contributed by atoms with Crippen LogP contribution in [0.25, 0.3) is 0 Å². The fourth-order valence-corrected chi connectivity index (χ4v) is 10.7. The molecule has 5 aliphatic rings. The molecule has 0 aromatic rings. The third-order valence-electron chi connectivity index (χ3n) is 13.3. The lowest BCUT2D eigenvalue weighted by Gasteiger charge is -2.71. The van der Waals surface area contributed by atoms with Crippen molar-refractivity contribution in [1.82, 2.24) is 0 Å². The Balaban J connectivity index is 1.60. The van der Waals surface area contributed by atoms with E-state index >= 15 is 0 Å². The first-order valence-electron chi connectivity index (χ1n) is 13.9. The van der Waals surface area contributed by atoms with Gasteiger partial charge in [0.25, 0.3) is 0 Å². The van der Waals surface area contributed by atoms with Gasteiger partial charge in [0.15, 0.2) is 0 Å². The zero-order valence-electron chi connectivity index (χ0n) is 22.4. The molecule has 0 spiro atoms. The van der Waals surface area contributed by atoms with Gasteiger partial charge in [0.1, 0.15) is 0 Å². The second-order valence-corrected chi connectivity index (χ2v) is 14.9. The topological polar surface area (TPSA) is 77.8 Å². The maximum absolute atomic E-state index is 12.8. The standard InChI is InChI=1S/C30H48O4/c1-25(2)21-9-12-29(6)22(27(21,4)11-10-23(25)32)8-7-19-20-17-26(3,18-31)13-15-30(20,24(33)34)16-14-28(19,29)5/h7,20-23,31-32H,8-18H2,1-6H3,(H,33,34)/t20-,21-,22+,23-,26+,27-,28+,29+,30-/m0/s1. The number of carboxylic acids is 1. The summed E-state index contributed by atoms with van der Waals surface area (Å²) >= 11 is 0. The highest BCUT2D eigenvalue weighted by molar-refractivity contribution is 5.76. The Morgan fingerprint density at radius 2 is 1.62 bits per heavy atom. The largest absolute Gasteiger partial charge is 0.481 e. The lowest BCUT2D eigenvalue weighted by atomic mass is 9.33. The average molecular weight is 473 g/mol. The van der Waals surface area contributed by atoms with Crippen LogP contribution < -0.4 is 0 Å². The number of carbonyl (C=O) groups is 1. The summed E-state index contributed by atoms with van der Waals surface area (Å²) in [6.45, 7) is 14.4. The Kier molecular flexibility index (Phi) is 5.36. The van der Waals surface area contributed by atoms with Crippen LogP contribution in [0.2, 0.25) is 0 Å². The molecule has 0 aromatic heterocycles. The SMILES string of the molecule is CC1(C)[C@@H](O)CC[C@]2(C)[C@H]3CC=C4[C@@H]5C[C@](C)(CO)CC[C@]5(C(=O)O)CC[C@@]4(C)[C@]3(C)CC[C@@H]12. The van der Waals surface area contributed by atoms with E-state index in [1.807, 2.05) is 0 Å². The minimum absolute atomic E-state index is 0.00141. The minimum atomic E-state index is -0.665. The van der Waals surface area contributed by atoms with Gasteiger partial charge < -0.3 is 15.3 Å². The van der Waals surface area contributed by atoms with Crippen molar-refractivity contribution in [3.05, 3.63) is 11.6 Å². The van der Waals surface area contributed by atoms with Gasteiger partial charge in [-0.25, -0.2) is 0 Å². The van der Waals surface area contributed by atoms with Crippen molar-refractivity contribution in [2.75, 3.05) is 6.61 Å². The summed E-state index contributed by atoms with van der Waals surface area (Å²) in [6, 6.07) is 0. The van der Waals surface area contributed by atoms with Crippen LogP contribution in [0.4, 0.5) is 0 Å². The van der Waals surface area contributed by atoms with Crippen LogP contribution in [0.15, 0.2) is 11.6 Å². The normalized spacial score (nSPS) is 54.1. The number of hydrogen-bond donors (Lipinski definition) is 3. The van der Waals surface area contributed by atoms with Gasteiger partial charge in [-0.05, 0) is 109 Å². The van der Waals surface area contributed by atoms with Gasteiger partial charge in [-0.3, -0.25) is 4.79 Å². The molecule has 0 radical (unpaired) electrons. The van der Waals surface area contributed by atoms with Gasteiger partial charge in [0.05, 0.1) is 11.5 Å². The smallest absolute Gasteiger partial charge is 0.310 e. The van der Waals surface area contributed by atoms with Gasteiger partial charge in [-0.2, -0.15) is 0 Å². The summed E-state index contributed by atoms with van der Waals surface area (Å²) in [5.74, 6) is 0.493. The van der Waals surface area contributed by atoms with E-state index in [2.05, 4.69) is 47.6 Å². The minimum Gasteiger partial charge on any atom is -0.481 e. The molecular formula is C30H48O4. The number of aliphatic carboxylic acids is 1. The maximum atomic E-state index is 12.8. The predicted octanol–water partition coefficient (Wildman–Crippen LogP) is 6.21. The zero-order chi connectivity index (χ0) is 24.9. The van der Waals surface area contributed by atoms with Crippen molar-refractivity contribution >= 4 is 5.97 Å². The Morgan fingerprint density at radius 1 is 0.941 bits per heavy atom. The maximum Gasteiger partial charge on any atom is 0.310 e. The molecular weight excluding hydrogens is 424 g/mol. The van der Waals surface area contributed by atoms with E-state index in [0.29, 0.717) is 18.3 Å². The predicted molar refractivity (Wildman–Crippen MR) is 134 cm³/mol. The summed E-state index contributed by atoms with van der Waals surface area (Å²) in [7, 11) is 0. The summed E-state index contributed by atoms with van der Waals surface area (Å²) < 4.78 is 0. The van der Waals surface area contributed by atoms with Crippen LogP contribution in [0.1, 0.15) is 106 Å². The van der Waals surface area contributed by atoms with E-state index in [0.717, 1.165) is 57.8 Å². The first-order chi connectivity index (χ1) is 15.7. The van der Waals surface area contributed by atoms with Crippen molar-refractivity contribution in [1.29, 1.82) is 0 Å². The molecule has 3 N–H and O–H groups in total. The molecule has 5 rings (SSSR count). The molecule has 4 nitrogen and oxygen atoms in total. The van der Waals surface area contributed by atoms with Gasteiger partial charge >= 0.3 is 5.97 Å². The number of fused-ring (bicyclic) bond motifs is 7. The number of rotatable bonds is 2. The monoisotopic (exact) mass is 472 g/mol. The van der Waals surface area contributed by atoms with Gasteiger partial charge in [0.2, 0.25) is 0 Å². The van der Waals surface area contributed by atoms with E-state index in [1.54, 1.807) is 0 Å². The second kappa shape index (κ2) is 7.34. The molecule has 0 heterocycles. The highest BCUT2D eigenvalue weighted by Gasteiger charge is 2.69. The molecule has 4 heteroatoms. The molecule has 9 atom stereocenters. The fraction of sp³-hybridized carbons (Fsp3) is 0.900. The van der Waals surface area contributed by atoms with Crippen LogP contribution in [-0.4, -0.2) is 34.0 Å². The lowest BCUT2D eigenvalue weighted by molar-refractivity contribution is -0.206. The van der Waals surface area contributed by atoms with Crippen LogP contribution >= 0.6 is 0 Å². The quantitative estimate of drug-likeness (QED) is 0.418. The van der Waals surface area contributed by atoms with E-state index < -0.39 is 11.4 Å². The van der Waals surface area contributed by atoms with Gasteiger partial charge in [0, 0.05) is 6.61 Å². The van der Waals surface area contributed by atoms with Crippen molar-refractivity contribution in [3.63, 3.8) is 0 Å². The van der Waals surface area contributed by atoms with Crippen molar-refractivity contribution < 1.29 is 20.1 Å². The molecule has 192 valence electrons. The average Bonchev–Trinajstić information content (AvgIpc) is 2.77. The number of aliphatic hydroxyl groups is 2. The molecule has 4 fully saturated rings. The highest BCUT2D eigenvalue weighted by Crippen LogP contribution is 2.75. The van der Waals surface area contributed by atoms with E-state index in [9.17, 15) is 20.1 Å². The van der Waals surface area contributed by atoms with Crippen molar-refractivity contribution in [3.8, 4) is 0 Å². The van der Waals surface area contributed by atoms with E-state index in [1.165, 1.54) is 5.57 Å².